The molecule has 1 saturated carbocycles. The molecule has 1 N–H and O–H groups in total. The van der Waals surface area contributed by atoms with Crippen molar-refractivity contribution in [2.24, 2.45) is 0 Å². The molecule has 1 atom stereocenters. The van der Waals surface area contributed by atoms with Gasteiger partial charge in [-0.15, -0.1) is 0 Å². The zero-order valence-electron chi connectivity index (χ0n) is 12.1. The molecule has 2 saturated heterocycles. The number of hydrogen-bond donors (Lipinski definition) is 1. The van der Waals surface area contributed by atoms with E-state index in [1.807, 2.05) is 0 Å². The number of carbonyl (C=O) groups excluding carboxylic acids is 1. The molecule has 2 aliphatic heterocycles. The Balaban J connectivity index is 1.70. The first-order chi connectivity index (χ1) is 9.94. The summed E-state index contributed by atoms with van der Waals surface area (Å²) in [7, 11) is 0. The Bertz CT molecular complexity index is 413. The Kier molecular flexibility index (Phi) is 3.92. The van der Waals surface area contributed by atoms with Crippen LogP contribution in [0.5, 0.6) is 0 Å². The number of carbonyl (C=O) groups is 1. The van der Waals surface area contributed by atoms with Gasteiger partial charge < -0.3 is 14.7 Å². The third-order valence-corrected chi connectivity index (χ3v) is 5.01. The van der Waals surface area contributed by atoms with Crippen molar-refractivity contribution in [2.75, 3.05) is 39.4 Å². The molecule has 3 aliphatic rings. The van der Waals surface area contributed by atoms with Gasteiger partial charge in [-0.1, -0.05) is 12.8 Å². The number of ether oxygens (including phenoxy) is 1. The fourth-order valence-corrected chi connectivity index (χ4v) is 3.60. The Morgan fingerprint density at radius 1 is 1.24 bits per heavy atom. The van der Waals surface area contributed by atoms with Gasteiger partial charge in [0.2, 0.25) is 0 Å². The minimum atomic E-state index is -3.69. The van der Waals surface area contributed by atoms with Gasteiger partial charge in [-0.2, -0.15) is 8.78 Å². The van der Waals surface area contributed by atoms with Gasteiger partial charge in [-0.25, -0.2) is 0 Å². The molecule has 2 heterocycles. The van der Waals surface area contributed by atoms with E-state index in [1.165, 1.54) is 4.90 Å². The standard InChI is InChI=1S/C14H22F2N2O3/c15-14(16,13(20)3-1-2-4-13)12(19)18-6-5-17-7-8-21-10-11(17)9-18/h11,20H,1-10H2. The number of halogens is 2. The van der Waals surface area contributed by atoms with Crippen molar-refractivity contribution in [2.45, 2.75) is 43.2 Å². The van der Waals surface area contributed by atoms with Crippen molar-refractivity contribution in [1.29, 1.82) is 0 Å². The summed E-state index contributed by atoms with van der Waals surface area (Å²) in [4.78, 5) is 15.6. The second-order valence-corrected chi connectivity index (χ2v) is 6.33. The minimum absolute atomic E-state index is 0.00174. The number of hydrogen-bond acceptors (Lipinski definition) is 4. The Morgan fingerprint density at radius 2 is 1.95 bits per heavy atom. The number of piperazine rings is 1. The highest BCUT2D eigenvalue weighted by atomic mass is 19.3. The van der Waals surface area contributed by atoms with E-state index in [9.17, 15) is 18.7 Å². The SMILES string of the molecule is O=C(N1CCN2CCOCC2C1)C(F)(F)C1(O)CCCC1. The lowest BCUT2D eigenvalue weighted by atomic mass is 9.92. The van der Waals surface area contributed by atoms with Crippen LogP contribution in [0.15, 0.2) is 0 Å². The van der Waals surface area contributed by atoms with Crippen LogP contribution in [0.2, 0.25) is 0 Å². The van der Waals surface area contributed by atoms with Crippen LogP contribution in [0.4, 0.5) is 8.78 Å². The summed E-state index contributed by atoms with van der Waals surface area (Å²) in [5.41, 5.74) is -2.16. The van der Waals surface area contributed by atoms with Crippen molar-refractivity contribution >= 4 is 5.91 Å². The molecule has 0 bridgehead atoms. The molecular formula is C14H22F2N2O3. The van der Waals surface area contributed by atoms with Crippen molar-refractivity contribution in [3.63, 3.8) is 0 Å². The van der Waals surface area contributed by atoms with Crippen LogP contribution >= 0.6 is 0 Å². The van der Waals surface area contributed by atoms with Crippen LogP contribution in [0.3, 0.4) is 0 Å². The predicted octanol–water partition coefficient (Wildman–Crippen LogP) is 0.470. The lowest BCUT2D eigenvalue weighted by Crippen LogP contribution is -2.64. The largest absolute Gasteiger partial charge is 0.383 e. The normalized spacial score (nSPS) is 30.2. The zero-order chi connectivity index (χ0) is 15.1. The summed E-state index contributed by atoms with van der Waals surface area (Å²) in [6.45, 7) is 3.05. The number of amides is 1. The highest BCUT2D eigenvalue weighted by Gasteiger charge is 2.60. The van der Waals surface area contributed by atoms with Gasteiger partial charge in [0.15, 0.2) is 0 Å². The molecule has 5 nitrogen and oxygen atoms in total. The summed E-state index contributed by atoms with van der Waals surface area (Å²) >= 11 is 0. The molecule has 0 aromatic rings. The summed E-state index contributed by atoms with van der Waals surface area (Å²) in [6, 6.07) is -0.00882. The van der Waals surface area contributed by atoms with Crippen LogP contribution in [-0.2, 0) is 9.53 Å². The van der Waals surface area contributed by atoms with Crippen molar-refractivity contribution in [3.05, 3.63) is 0 Å². The van der Waals surface area contributed by atoms with Gasteiger partial charge in [0.05, 0.1) is 19.3 Å². The first kappa shape index (κ1) is 15.1. The summed E-state index contributed by atoms with van der Waals surface area (Å²) < 4.78 is 34.2. The van der Waals surface area contributed by atoms with Crippen LogP contribution in [0.25, 0.3) is 0 Å². The fourth-order valence-electron chi connectivity index (χ4n) is 3.60. The van der Waals surface area contributed by atoms with E-state index < -0.39 is 17.4 Å². The molecule has 0 aromatic heterocycles. The third kappa shape index (κ3) is 2.55. The molecule has 3 fully saturated rings. The van der Waals surface area contributed by atoms with Gasteiger partial charge >= 0.3 is 5.92 Å². The molecule has 7 heteroatoms. The van der Waals surface area contributed by atoms with E-state index >= 15 is 0 Å². The molecule has 1 unspecified atom stereocenters. The van der Waals surface area contributed by atoms with E-state index in [0.29, 0.717) is 39.1 Å². The predicted molar refractivity (Wildman–Crippen MR) is 71.1 cm³/mol. The first-order valence-corrected chi connectivity index (χ1v) is 7.65. The van der Waals surface area contributed by atoms with Crippen molar-refractivity contribution < 1.29 is 23.4 Å². The quantitative estimate of drug-likeness (QED) is 0.806. The van der Waals surface area contributed by atoms with Gasteiger partial charge in [-0.3, -0.25) is 9.69 Å². The number of aliphatic hydroxyl groups is 1. The Hall–Kier alpha value is -0.790. The summed E-state index contributed by atoms with van der Waals surface area (Å²) in [5.74, 6) is -4.92. The summed E-state index contributed by atoms with van der Waals surface area (Å²) in [5, 5.41) is 10.1. The minimum Gasteiger partial charge on any atom is -0.383 e. The topological polar surface area (TPSA) is 53.0 Å². The molecule has 0 radical (unpaired) electrons. The monoisotopic (exact) mass is 304 g/mol. The maximum Gasteiger partial charge on any atom is 0.352 e. The molecule has 21 heavy (non-hydrogen) atoms. The van der Waals surface area contributed by atoms with E-state index in [0.717, 1.165) is 6.54 Å². The van der Waals surface area contributed by atoms with Crippen LogP contribution < -0.4 is 0 Å². The van der Waals surface area contributed by atoms with Crippen LogP contribution in [0, 0.1) is 0 Å². The van der Waals surface area contributed by atoms with Crippen molar-refractivity contribution in [3.8, 4) is 0 Å². The second-order valence-electron chi connectivity index (χ2n) is 6.33. The van der Waals surface area contributed by atoms with Crippen LogP contribution in [0.1, 0.15) is 25.7 Å². The molecular weight excluding hydrogens is 282 g/mol. The molecule has 3 rings (SSSR count). The summed E-state index contributed by atoms with van der Waals surface area (Å²) in [6.07, 6.45) is 1.09. The number of nitrogens with zero attached hydrogens (tertiary/aromatic N) is 2. The van der Waals surface area contributed by atoms with Gasteiger partial charge in [-0.05, 0) is 12.8 Å². The van der Waals surface area contributed by atoms with E-state index in [-0.39, 0.29) is 25.4 Å². The molecule has 1 aliphatic carbocycles. The van der Waals surface area contributed by atoms with E-state index in [4.69, 9.17) is 4.74 Å². The number of alkyl halides is 2. The van der Waals surface area contributed by atoms with Crippen LogP contribution in [-0.4, -0.2) is 77.8 Å². The van der Waals surface area contributed by atoms with E-state index in [2.05, 4.69) is 4.90 Å². The Labute approximate surface area is 122 Å². The maximum absolute atomic E-state index is 14.4. The van der Waals surface area contributed by atoms with Gasteiger partial charge in [0, 0.05) is 26.2 Å². The first-order valence-electron chi connectivity index (χ1n) is 7.65. The fraction of sp³-hybridized carbons (Fsp3) is 0.929. The van der Waals surface area contributed by atoms with E-state index in [1.54, 1.807) is 0 Å². The lowest BCUT2D eigenvalue weighted by molar-refractivity contribution is -0.203. The smallest absolute Gasteiger partial charge is 0.352 e. The number of morpholine rings is 1. The highest BCUT2D eigenvalue weighted by Crippen LogP contribution is 2.43. The van der Waals surface area contributed by atoms with Gasteiger partial charge in [0.1, 0.15) is 5.60 Å². The highest BCUT2D eigenvalue weighted by molar-refractivity contribution is 5.85. The lowest BCUT2D eigenvalue weighted by Gasteiger charge is -2.45. The number of rotatable bonds is 2. The third-order valence-electron chi connectivity index (χ3n) is 5.01. The number of fused-ring (bicyclic) bond motifs is 1. The average Bonchev–Trinajstić information content (AvgIpc) is 2.94. The maximum atomic E-state index is 14.4. The molecule has 120 valence electrons. The molecule has 0 aromatic carbocycles. The molecule has 0 spiro atoms. The zero-order valence-corrected chi connectivity index (χ0v) is 12.1. The average molecular weight is 304 g/mol. The Morgan fingerprint density at radius 3 is 2.67 bits per heavy atom. The second kappa shape index (κ2) is 5.44. The molecule has 1 amide bonds. The van der Waals surface area contributed by atoms with Crippen molar-refractivity contribution in [1.82, 2.24) is 9.80 Å². The van der Waals surface area contributed by atoms with Gasteiger partial charge in [0.25, 0.3) is 5.91 Å².